The second kappa shape index (κ2) is 5.58. The Labute approximate surface area is 139 Å². The minimum absolute atomic E-state index is 0.0516. The standard InChI is InChI=1S/C17H21N3O4/c1-9(2)17(16(22)23)5-6-20(8-17)15(21)12-7-10(3)18-14-13(12)11(4)19-24-14/h7,9H,5-6,8H2,1-4H3,(H,22,23). The molecule has 3 heterocycles. The topological polar surface area (TPSA) is 96.5 Å². The molecule has 1 amide bonds. The summed E-state index contributed by atoms with van der Waals surface area (Å²) >= 11 is 0. The van der Waals surface area contributed by atoms with Crippen molar-refractivity contribution < 1.29 is 19.2 Å². The average Bonchev–Trinajstić information content (AvgIpc) is 3.11. The third-order valence-electron chi connectivity index (χ3n) is 5.09. The van der Waals surface area contributed by atoms with Crippen LogP contribution in [0.2, 0.25) is 0 Å². The molecule has 0 saturated carbocycles. The van der Waals surface area contributed by atoms with Gasteiger partial charge in [0.25, 0.3) is 11.6 Å². The Hall–Kier alpha value is -2.44. The Kier molecular flexibility index (Phi) is 3.81. The van der Waals surface area contributed by atoms with Crippen LogP contribution in [0.1, 0.15) is 42.0 Å². The van der Waals surface area contributed by atoms with E-state index in [1.165, 1.54) is 0 Å². The lowest BCUT2D eigenvalue weighted by molar-refractivity contribution is -0.150. The summed E-state index contributed by atoms with van der Waals surface area (Å²) in [5, 5.41) is 14.1. The van der Waals surface area contributed by atoms with Crippen molar-refractivity contribution in [2.45, 2.75) is 34.1 Å². The molecule has 128 valence electrons. The fraction of sp³-hybridized carbons (Fsp3) is 0.529. The van der Waals surface area contributed by atoms with Gasteiger partial charge in [-0.05, 0) is 32.3 Å². The van der Waals surface area contributed by atoms with Crippen LogP contribution in [0.15, 0.2) is 10.6 Å². The van der Waals surface area contributed by atoms with Gasteiger partial charge in [-0.3, -0.25) is 9.59 Å². The summed E-state index contributed by atoms with van der Waals surface area (Å²) in [6.07, 6.45) is 0.460. The molecule has 0 bridgehead atoms. The molecule has 3 rings (SSSR count). The second-order valence-electron chi connectivity index (χ2n) is 6.85. The molecule has 7 nitrogen and oxygen atoms in total. The Balaban J connectivity index is 2.00. The van der Waals surface area contributed by atoms with Gasteiger partial charge in [-0.2, -0.15) is 0 Å². The number of nitrogens with zero attached hydrogens (tertiary/aromatic N) is 3. The van der Waals surface area contributed by atoms with Crippen LogP contribution >= 0.6 is 0 Å². The highest BCUT2D eigenvalue weighted by Crippen LogP contribution is 2.39. The summed E-state index contributed by atoms with van der Waals surface area (Å²) in [5.74, 6) is -1.09. The molecule has 1 atom stereocenters. The zero-order valence-electron chi connectivity index (χ0n) is 14.3. The zero-order chi connectivity index (χ0) is 17.6. The first kappa shape index (κ1) is 16.4. The monoisotopic (exact) mass is 331 g/mol. The van der Waals surface area contributed by atoms with Crippen molar-refractivity contribution >= 4 is 23.0 Å². The molecular formula is C17H21N3O4. The molecule has 7 heteroatoms. The molecule has 1 aliphatic rings. The molecular weight excluding hydrogens is 310 g/mol. The van der Waals surface area contributed by atoms with Gasteiger partial charge in [0.1, 0.15) is 0 Å². The summed E-state index contributed by atoms with van der Waals surface area (Å²) in [6, 6.07) is 1.71. The molecule has 2 aromatic heterocycles. The van der Waals surface area contributed by atoms with E-state index in [0.717, 1.165) is 0 Å². The molecule has 0 aromatic carbocycles. The minimum Gasteiger partial charge on any atom is -0.481 e. The second-order valence-corrected chi connectivity index (χ2v) is 6.85. The predicted octanol–water partition coefficient (Wildman–Crippen LogP) is 2.41. The summed E-state index contributed by atoms with van der Waals surface area (Å²) in [6.45, 7) is 7.97. The van der Waals surface area contributed by atoms with E-state index in [9.17, 15) is 14.7 Å². The number of carboxylic acids is 1. The van der Waals surface area contributed by atoms with E-state index in [4.69, 9.17) is 4.52 Å². The van der Waals surface area contributed by atoms with Crippen molar-refractivity contribution in [2.75, 3.05) is 13.1 Å². The number of hydrogen-bond donors (Lipinski definition) is 1. The number of carbonyl (C=O) groups excluding carboxylic acids is 1. The lowest BCUT2D eigenvalue weighted by atomic mass is 9.76. The van der Waals surface area contributed by atoms with Gasteiger partial charge >= 0.3 is 5.97 Å². The van der Waals surface area contributed by atoms with E-state index in [1.807, 2.05) is 13.8 Å². The van der Waals surface area contributed by atoms with Gasteiger partial charge in [-0.25, -0.2) is 4.98 Å². The lowest BCUT2D eigenvalue weighted by Gasteiger charge is -2.28. The van der Waals surface area contributed by atoms with Crippen molar-refractivity contribution in [3.05, 3.63) is 23.0 Å². The number of carboxylic acid groups (broad SMARTS) is 1. The summed E-state index contributed by atoms with van der Waals surface area (Å²) in [4.78, 5) is 30.7. The third-order valence-corrected chi connectivity index (χ3v) is 5.09. The zero-order valence-corrected chi connectivity index (χ0v) is 14.3. The van der Waals surface area contributed by atoms with E-state index in [0.29, 0.717) is 41.0 Å². The van der Waals surface area contributed by atoms with Gasteiger partial charge in [0, 0.05) is 18.8 Å². The molecule has 0 aliphatic carbocycles. The number of aliphatic carboxylic acids is 1. The number of hydrogen-bond acceptors (Lipinski definition) is 5. The SMILES string of the molecule is Cc1cc(C(=O)N2CCC(C(=O)O)(C(C)C)C2)c2c(C)noc2n1. The maximum absolute atomic E-state index is 13.0. The Morgan fingerprint density at radius 3 is 2.67 bits per heavy atom. The highest BCUT2D eigenvalue weighted by molar-refractivity contribution is 6.06. The predicted molar refractivity (Wildman–Crippen MR) is 86.7 cm³/mol. The number of aryl methyl sites for hydroxylation is 2. The largest absolute Gasteiger partial charge is 0.481 e. The fourth-order valence-electron chi connectivity index (χ4n) is 3.46. The van der Waals surface area contributed by atoms with Crippen LogP contribution in [0, 0.1) is 25.2 Å². The van der Waals surface area contributed by atoms with Crippen molar-refractivity contribution in [3.8, 4) is 0 Å². The highest BCUT2D eigenvalue weighted by atomic mass is 16.5. The van der Waals surface area contributed by atoms with E-state index >= 15 is 0 Å². The normalized spacial score (nSPS) is 21.0. The van der Waals surface area contributed by atoms with Gasteiger partial charge in [-0.15, -0.1) is 0 Å². The van der Waals surface area contributed by atoms with E-state index < -0.39 is 11.4 Å². The van der Waals surface area contributed by atoms with E-state index in [2.05, 4.69) is 10.1 Å². The summed E-state index contributed by atoms with van der Waals surface area (Å²) in [7, 11) is 0. The number of pyridine rings is 1. The Bertz CT molecular complexity index is 827. The molecule has 24 heavy (non-hydrogen) atoms. The molecule has 2 aromatic rings. The van der Waals surface area contributed by atoms with Crippen molar-refractivity contribution in [2.24, 2.45) is 11.3 Å². The number of carbonyl (C=O) groups is 2. The molecule has 1 N–H and O–H groups in total. The maximum atomic E-state index is 13.0. The van der Waals surface area contributed by atoms with Crippen LogP contribution in [0.5, 0.6) is 0 Å². The highest BCUT2D eigenvalue weighted by Gasteiger charge is 2.48. The molecule has 1 aliphatic heterocycles. The van der Waals surface area contributed by atoms with Crippen LogP contribution in [0.4, 0.5) is 0 Å². The molecule has 1 fully saturated rings. The first-order valence-electron chi connectivity index (χ1n) is 8.02. The smallest absolute Gasteiger partial charge is 0.311 e. The summed E-state index contributed by atoms with van der Waals surface area (Å²) in [5.41, 5.74) is 1.19. The number of rotatable bonds is 3. The average molecular weight is 331 g/mol. The van der Waals surface area contributed by atoms with Crippen LogP contribution in [-0.4, -0.2) is 45.1 Å². The maximum Gasteiger partial charge on any atom is 0.311 e. The molecule has 1 saturated heterocycles. The van der Waals surface area contributed by atoms with E-state index in [-0.39, 0.29) is 18.4 Å². The molecule has 1 unspecified atom stereocenters. The van der Waals surface area contributed by atoms with Crippen LogP contribution < -0.4 is 0 Å². The number of amides is 1. The Morgan fingerprint density at radius 1 is 1.38 bits per heavy atom. The first-order valence-corrected chi connectivity index (χ1v) is 8.02. The summed E-state index contributed by atoms with van der Waals surface area (Å²) < 4.78 is 5.17. The number of likely N-dealkylation sites (tertiary alicyclic amines) is 1. The number of fused-ring (bicyclic) bond motifs is 1. The van der Waals surface area contributed by atoms with Crippen LogP contribution in [0.3, 0.4) is 0 Å². The first-order chi connectivity index (χ1) is 11.3. The van der Waals surface area contributed by atoms with Gasteiger partial charge in [0.15, 0.2) is 0 Å². The quantitative estimate of drug-likeness (QED) is 0.927. The van der Waals surface area contributed by atoms with Crippen molar-refractivity contribution in [1.29, 1.82) is 0 Å². The van der Waals surface area contributed by atoms with Gasteiger partial charge in [0.05, 0.1) is 22.1 Å². The van der Waals surface area contributed by atoms with Gasteiger partial charge in [-0.1, -0.05) is 19.0 Å². The molecule has 0 radical (unpaired) electrons. The Morgan fingerprint density at radius 2 is 2.08 bits per heavy atom. The van der Waals surface area contributed by atoms with Gasteiger partial charge < -0.3 is 14.5 Å². The van der Waals surface area contributed by atoms with Crippen molar-refractivity contribution in [3.63, 3.8) is 0 Å². The third kappa shape index (κ3) is 2.35. The minimum atomic E-state index is -0.888. The van der Waals surface area contributed by atoms with Crippen molar-refractivity contribution in [1.82, 2.24) is 15.0 Å². The van der Waals surface area contributed by atoms with E-state index in [1.54, 1.807) is 24.8 Å². The van der Waals surface area contributed by atoms with Crippen LogP contribution in [0.25, 0.3) is 11.1 Å². The van der Waals surface area contributed by atoms with Gasteiger partial charge in [0.2, 0.25) is 0 Å². The number of aromatic nitrogens is 2. The fourth-order valence-corrected chi connectivity index (χ4v) is 3.46. The lowest BCUT2D eigenvalue weighted by Crippen LogP contribution is -2.40. The van der Waals surface area contributed by atoms with Crippen LogP contribution in [-0.2, 0) is 4.79 Å². The molecule has 0 spiro atoms.